The van der Waals surface area contributed by atoms with E-state index in [9.17, 15) is 5.11 Å². The SMILES string of the molecule is Cc1ccccc1Cn1cccc1CN(CC1CCCCC1)C[C@H](O)COCc1ccccc1. The van der Waals surface area contributed by atoms with Gasteiger partial charge in [0.15, 0.2) is 0 Å². The van der Waals surface area contributed by atoms with E-state index < -0.39 is 6.10 Å². The molecule has 0 aliphatic heterocycles. The Hall–Kier alpha value is -2.40. The van der Waals surface area contributed by atoms with E-state index in [0.717, 1.165) is 31.1 Å². The number of hydrogen-bond acceptors (Lipinski definition) is 3. The third kappa shape index (κ3) is 7.56. The molecule has 1 aliphatic rings. The zero-order valence-electron chi connectivity index (χ0n) is 20.6. The van der Waals surface area contributed by atoms with Crippen LogP contribution < -0.4 is 0 Å². The number of rotatable bonds is 12. The van der Waals surface area contributed by atoms with Crippen molar-refractivity contribution < 1.29 is 9.84 Å². The van der Waals surface area contributed by atoms with Gasteiger partial charge in [-0.25, -0.2) is 0 Å². The molecule has 0 bridgehead atoms. The third-order valence-corrected chi connectivity index (χ3v) is 7.04. The van der Waals surface area contributed by atoms with Crippen LogP contribution >= 0.6 is 0 Å². The van der Waals surface area contributed by atoms with Gasteiger partial charge in [-0.15, -0.1) is 0 Å². The van der Waals surface area contributed by atoms with E-state index in [4.69, 9.17) is 4.74 Å². The average molecular weight is 461 g/mol. The molecule has 0 saturated heterocycles. The first-order valence-electron chi connectivity index (χ1n) is 12.9. The van der Waals surface area contributed by atoms with E-state index in [1.54, 1.807) is 0 Å². The predicted molar refractivity (Wildman–Crippen MR) is 139 cm³/mol. The van der Waals surface area contributed by atoms with Gasteiger partial charge in [-0.3, -0.25) is 4.90 Å². The van der Waals surface area contributed by atoms with Crippen LogP contribution in [0, 0.1) is 12.8 Å². The molecule has 1 N–H and O–H groups in total. The summed E-state index contributed by atoms with van der Waals surface area (Å²) in [6.45, 7) is 6.51. The molecule has 1 fully saturated rings. The van der Waals surface area contributed by atoms with Gasteiger partial charge in [0.25, 0.3) is 0 Å². The van der Waals surface area contributed by atoms with Gasteiger partial charge in [0, 0.05) is 38.1 Å². The number of hydrogen-bond donors (Lipinski definition) is 1. The maximum atomic E-state index is 10.8. The van der Waals surface area contributed by atoms with Crippen molar-refractivity contribution in [3.05, 3.63) is 95.3 Å². The van der Waals surface area contributed by atoms with Crippen LogP contribution in [0.3, 0.4) is 0 Å². The standard InChI is InChI=1S/C30H40N2O2/c1-25-11-8-9-16-28(25)20-32-18-10-17-29(32)21-31(19-26-12-4-2-5-13-26)22-30(33)24-34-23-27-14-6-3-7-15-27/h3,6-11,14-18,26,30,33H,2,4-5,12-13,19-24H2,1H3/t30-/m0/s1. The number of nitrogens with zero attached hydrogens (tertiary/aromatic N) is 2. The quantitative estimate of drug-likeness (QED) is 0.371. The van der Waals surface area contributed by atoms with Gasteiger partial charge in [0.1, 0.15) is 0 Å². The largest absolute Gasteiger partial charge is 0.389 e. The van der Waals surface area contributed by atoms with Gasteiger partial charge in [-0.05, 0) is 54.5 Å². The lowest BCUT2D eigenvalue weighted by Gasteiger charge is -2.31. The van der Waals surface area contributed by atoms with Crippen molar-refractivity contribution in [1.29, 1.82) is 0 Å². The van der Waals surface area contributed by atoms with E-state index in [1.807, 2.05) is 18.2 Å². The monoisotopic (exact) mass is 460 g/mol. The molecular formula is C30H40N2O2. The molecule has 3 aromatic rings. The minimum Gasteiger partial charge on any atom is -0.389 e. The Morgan fingerprint density at radius 3 is 2.53 bits per heavy atom. The van der Waals surface area contributed by atoms with Crippen LogP contribution in [0.4, 0.5) is 0 Å². The molecule has 34 heavy (non-hydrogen) atoms. The first-order chi connectivity index (χ1) is 16.7. The maximum Gasteiger partial charge on any atom is 0.0900 e. The van der Waals surface area contributed by atoms with Crippen LogP contribution in [0.5, 0.6) is 0 Å². The molecule has 1 heterocycles. The third-order valence-electron chi connectivity index (χ3n) is 7.04. The van der Waals surface area contributed by atoms with Gasteiger partial charge >= 0.3 is 0 Å². The molecule has 0 radical (unpaired) electrons. The Bertz CT molecular complexity index is 978. The van der Waals surface area contributed by atoms with Gasteiger partial charge in [-0.1, -0.05) is 73.9 Å². The fourth-order valence-electron chi connectivity index (χ4n) is 5.12. The molecule has 1 saturated carbocycles. The second-order valence-electron chi connectivity index (χ2n) is 9.91. The molecule has 1 aliphatic carbocycles. The van der Waals surface area contributed by atoms with E-state index in [-0.39, 0.29) is 0 Å². The summed E-state index contributed by atoms with van der Waals surface area (Å²) < 4.78 is 8.20. The van der Waals surface area contributed by atoms with Crippen LogP contribution in [-0.4, -0.2) is 40.4 Å². The lowest BCUT2D eigenvalue weighted by atomic mass is 9.89. The molecule has 2 aromatic carbocycles. The normalized spacial score (nSPS) is 15.6. The van der Waals surface area contributed by atoms with E-state index in [2.05, 4.69) is 71.1 Å². The van der Waals surface area contributed by atoms with Crippen molar-refractivity contribution >= 4 is 0 Å². The number of aromatic nitrogens is 1. The fourth-order valence-corrected chi connectivity index (χ4v) is 5.12. The van der Waals surface area contributed by atoms with Crippen molar-refractivity contribution in [1.82, 2.24) is 9.47 Å². The van der Waals surface area contributed by atoms with Crippen LogP contribution in [0.15, 0.2) is 72.9 Å². The molecular weight excluding hydrogens is 420 g/mol. The number of benzene rings is 2. The summed E-state index contributed by atoms with van der Waals surface area (Å²) in [5.41, 5.74) is 5.12. The molecule has 0 amide bonds. The van der Waals surface area contributed by atoms with E-state index >= 15 is 0 Å². The van der Waals surface area contributed by atoms with E-state index in [0.29, 0.717) is 19.8 Å². The van der Waals surface area contributed by atoms with Crippen LogP contribution in [0.2, 0.25) is 0 Å². The number of aliphatic hydroxyl groups excluding tert-OH is 1. The first-order valence-corrected chi connectivity index (χ1v) is 12.9. The summed E-state index contributed by atoms with van der Waals surface area (Å²) in [5, 5.41) is 10.8. The number of aliphatic hydroxyl groups is 1. The number of aryl methyl sites for hydroxylation is 1. The van der Waals surface area contributed by atoms with Crippen molar-refractivity contribution in [2.75, 3.05) is 19.7 Å². The van der Waals surface area contributed by atoms with Crippen molar-refractivity contribution in [3.63, 3.8) is 0 Å². The minimum atomic E-state index is -0.493. The Balaban J connectivity index is 1.37. The van der Waals surface area contributed by atoms with Crippen molar-refractivity contribution in [2.24, 2.45) is 5.92 Å². The molecule has 0 unspecified atom stereocenters. The Morgan fingerprint density at radius 1 is 0.971 bits per heavy atom. The van der Waals surface area contributed by atoms with Gasteiger partial charge in [-0.2, -0.15) is 0 Å². The Kier molecular flexibility index (Phi) is 9.37. The lowest BCUT2D eigenvalue weighted by Crippen LogP contribution is -2.38. The molecule has 4 rings (SSSR count). The number of ether oxygens (including phenoxy) is 1. The van der Waals surface area contributed by atoms with Crippen LogP contribution in [0.25, 0.3) is 0 Å². The molecule has 4 heteroatoms. The molecule has 1 atom stereocenters. The molecule has 0 spiro atoms. The first kappa shape index (κ1) is 24.7. The van der Waals surface area contributed by atoms with Gasteiger partial charge < -0.3 is 14.4 Å². The zero-order chi connectivity index (χ0) is 23.6. The lowest BCUT2D eigenvalue weighted by molar-refractivity contribution is 0.00469. The maximum absolute atomic E-state index is 10.8. The Morgan fingerprint density at radius 2 is 1.74 bits per heavy atom. The summed E-state index contributed by atoms with van der Waals surface area (Å²) in [6.07, 6.45) is 8.34. The molecule has 4 nitrogen and oxygen atoms in total. The highest BCUT2D eigenvalue weighted by Gasteiger charge is 2.21. The fraction of sp³-hybridized carbons (Fsp3) is 0.467. The van der Waals surface area contributed by atoms with Crippen molar-refractivity contribution in [2.45, 2.75) is 64.8 Å². The topological polar surface area (TPSA) is 37.6 Å². The zero-order valence-corrected chi connectivity index (χ0v) is 20.6. The smallest absolute Gasteiger partial charge is 0.0900 e. The average Bonchev–Trinajstić information content (AvgIpc) is 3.28. The summed E-state index contributed by atoms with van der Waals surface area (Å²) in [7, 11) is 0. The summed E-state index contributed by atoms with van der Waals surface area (Å²) in [4.78, 5) is 2.45. The molecule has 182 valence electrons. The summed E-state index contributed by atoms with van der Waals surface area (Å²) in [5.74, 6) is 0.728. The second kappa shape index (κ2) is 12.9. The highest BCUT2D eigenvalue weighted by Crippen LogP contribution is 2.25. The van der Waals surface area contributed by atoms with Crippen molar-refractivity contribution in [3.8, 4) is 0 Å². The second-order valence-corrected chi connectivity index (χ2v) is 9.91. The predicted octanol–water partition coefficient (Wildman–Crippen LogP) is 5.80. The van der Waals surface area contributed by atoms with Gasteiger partial charge in [0.05, 0.1) is 19.3 Å². The Labute approximate surface area is 205 Å². The minimum absolute atomic E-state index is 0.361. The van der Waals surface area contributed by atoms with Crippen LogP contribution in [-0.2, 0) is 24.4 Å². The van der Waals surface area contributed by atoms with Crippen LogP contribution in [0.1, 0.15) is 54.5 Å². The van der Waals surface area contributed by atoms with E-state index in [1.165, 1.54) is 48.9 Å². The highest BCUT2D eigenvalue weighted by atomic mass is 16.5. The van der Waals surface area contributed by atoms with Gasteiger partial charge in [0.2, 0.25) is 0 Å². The molecule has 1 aromatic heterocycles. The highest BCUT2D eigenvalue weighted by molar-refractivity contribution is 5.26. The summed E-state index contributed by atoms with van der Waals surface area (Å²) in [6, 6.07) is 23.2. The summed E-state index contributed by atoms with van der Waals surface area (Å²) >= 11 is 0.